The summed E-state index contributed by atoms with van der Waals surface area (Å²) in [6, 6.07) is 15.2. The van der Waals surface area contributed by atoms with Crippen LogP contribution in [-0.4, -0.2) is 21.9 Å². The van der Waals surface area contributed by atoms with Crippen molar-refractivity contribution >= 4 is 40.5 Å². The Labute approximate surface area is 176 Å². The number of thiocarbonyl (C=S) groups is 1. The molecule has 0 atom stereocenters. The van der Waals surface area contributed by atoms with E-state index in [1.807, 2.05) is 0 Å². The first-order valence-electron chi connectivity index (χ1n) is 8.70. The van der Waals surface area contributed by atoms with Crippen molar-refractivity contribution in [3.05, 3.63) is 93.9 Å². The van der Waals surface area contributed by atoms with E-state index >= 15 is 0 Å². The number of amides is 2. The topological polar surface area (TPSA) is 127 Å². The van der Waals surface area contributed by atoms with E-state index in [9.17, 15) is 19.7 Å². The van der Waals surface area contributed by atoms with Crippen LogP contribution in [0.5, 0.6) is 0 Å². The van der Waals surface area contributed by atoms with Gasteiger partial charge in [0.2, 0.25) is 0 Å². The average molecular weight is 424 g/mol. The van der Waals surface area contributed by atoms with E-state index in [1.165, 1.54) is 30.5 Å². The van der Waals surface area contributed by atoms with Gasteiger partial charge < -0.3 is 15.1 Å². The smallest absolute Gasteiger partial charge is 0.269 e. The van der Waals surface area contributed by atoms with Crippen LogP contribution in [0, 0.1) is 10.1 Å². The number of nitrogens with one attached hydrogen (secondary N) is 3. The molecule has 9 nitrogen and oxygen atoms in total. The molecule has 152 valence electrons. The Morgan fingerprint density at radius 3 is 2.20 bits per heavy atom. The SMILES string of the molecule is O=C(NCc1ccco1)c1ccc(NC(=S)NC(=O)c2ccc([N+](=O)[O-])cc2)cc1. The molecular weight excluding hydrogens is 408 g/mol. The van der Waals surface area contributed by atoms with E-state index in [2.05, 4.69) is 16.0 Å². The highest BCUT2D eigenvalue weighted by molar-refractivity contribution is 7.80. The number of hydrogen-bond acceptors (Lipinski definition) is 6. The zero-order chi connectivity index (χ0) is 21.5. The van der Waals surface area contributed by atoms with Crippen molar-refractivity contribution in [2.24, 2.45) is 0 Å². The van der Waals surface area contributed by atoms with Crippen LogP contribution in [0.4, 0.5) is 11.4 Å². The molecule has 0 radical (unpaired) electrons. The molecule has 0 aliphatic rings. The molecule has 0 bridgehead atoms. The molecule has 2 aromatic carbocycles. The van der Waals surface area contributed by atoms with Gasteiger partial charge in [0.1, 0.15) is 5.76 Å². The maximum atomic E-state index is 12.2. The number of nitro groups is 1. The number of furan rings is 1. The fourth-order valence-corrected chi connectivity index (χ4v) is 2.67. The Bertz CT molecular complexity index is 1060. The number of nitro benzene ring substituents is 1. The first-order chi connectivity index (χ1) is 14.4. The van der Waals surface area contributed by atoms with Crippen LogP contribution in [0.15, 0.2) is 71.3 Å². The van der Waals surface area contributed by atoms with Crippen LogP contribution in [0.3, 0.4) is 0 Å². The molecule has 0 unspecified atom stereocenters. The number of nitrogens with zero attached hydrogens (tertiary/aromatic N) is 1. The summed E-state index contributed by atoms with van der Waals surface area (Å²) in [6.45, 7) is 0.282. The molecule has 2 amide bonds. The van der Waals surface area contributed by atoms with Crippen molar-refractivity contribution < 1.29 is 18.9 Å². The van der Waals surface area contributed by atoms with Crippen LogP contribution in [0.2, 0.25) is 0 Å². The third-order valence-corrected chi connectivity index (χ3v) is 4.18. The lowest BCUT2D eigenvalue weighted by molar-refractivity contribution is -0.384. The van der Waals surface area contributed by atoms with Crippen molar-refractivity contribution in [2.75, 3.05) is 5.32 Å². The van der Waals surface area contributed by atoms with E-state index in [4.69, 9.17) is 16.6 Å². The van der Waals surface area contributed by atoms with Crippen LogP contribution in [-0.2, 0) is 6.54 Å². The molecule has 1 aromatic heterocycles. The summed E-state index contributed by atoms with van der Waals surface area (Å²) >= 11 is 5.11. The maximum absolute atomic E-state index is 12.2. The van der Waals surface area contributed by atoms with Crippen molar-refractivity contribution in [1.29, 1.82) is 0 Å². The molecule has 30 heavy (non-hydrogen) atoms. The van der Waals surface area contributed by atoms with Gasteiger partial charge in [0.15, 0.2) is 5.11 Å². The average Bonchev–Trinajstić information content (AvgIpc) is 3.26. The monoisotopic (exact) mass is 424 g/mol. The molecule has 0 saturated carbocycles. The summed E-state index contributed by atoms with van der Waals surface area (Å²) in [7, 11) is 0. The number of benzene rings is 2. The highest BCUT2D eigenvalue weighted by atomic mass is 32.1. The minimum atomic E-state index is -0.547. The summed E-state index contributed by atoms with van der Waals surface area (Å²) in [4.78, 5) is 34.4. The zero-order valence-electron chi connectivity index (χ0n) is 15.5. The van der Waals surface area contributed by atoms with Gasteiger partial charge in [-0.1, -0.05) is 0 Å². The maximum Gasteiger partial charge on any atom is 0.269 e. The summed E-state index contributed by atoms with van der Waals surface area (Å²) in [5.74, 6) is -0.112. The van der Waals surface area contributed by atoms with E-state index in [1.54, 1.807) is 36.4 Å². The van der Waals surface area contributed by atoms with Crippen LogP contribution >= 0.6 is 12.2 Å². The van der Waals surface area contributed by atoms with Crippen LogP contribution < -0.4 is 16.0 Å². The zero-order valence-corrected chi connectivity index (χ0v) is 16.3. The minimum Gasteiger partial charge on any atom is -0.467 e. The third-order valence-electron chi connectivity index (χ3n) is 3.98. The molecule has 1 heterocycles. The summed E-state index contributed by atoms with van der Waals surface area (Å²) in [5.41, 5.74) is 1.15. The molecule has 0 aliphatic heterocycles. The lowest BCUT2D eigenvalue weighted by Crippen LogP contribution is -2.34. The summed E-state index contributed by atoms with van der Waals surface area (Å²) < 4.78 is 5.16. The fourth-order valence-electron chi connectivity index (χ4n) is 2.46. The predicted octanol–water partition coefficient (Wildman–Crippen LogP) is 3.24. The Hall–Kier alpha value is -4.05. The van der Waals surface area contributed by atoms with Gasteiger partial charge in [0.05, 0.1) is 17.7 Å². The van der Waals surface area contributed by atoms with E-state index in [-0.39, 0.29) is 28.8 Å². The van der Waals surface area contributed by atoms with E-state index in [0.717, 1.165) is 0 Å². The van der Waals surface area contributed by atoms with E-state index < -0.39 is 10.8 Å². The number of non-ortho nitro benzene ring substituents is 1. The molecule has 3 aromatic rings. The van der Waals surface area contributed by atoms with Crippen molar-refractivity contribution in [3.8, 4) is 0 Å². The molecule has 3 rings (SSSR count). The van der Waals surface area contributed by atoms with Gasteiger partial charge in [-0.25, -0.2) is 0 Å². The van der Waals surface area contributed by atoms with Gasteiger partial charge in [-0.3, -0.25) is 25.0 Å². The van der Waals surface area contributed by atoms with Gasteiger partial charge in [0.25, 0.3) is 17.5 Å². The standard InChI is InChI=1S/C20H16N4O5S/c25-18(21-12-17-2-1-11-29-17)13-3-7-15(8-4-13)22-20(30)23-19(26)14-5-9-16(10-6-14)24(27)28/h1-11H,12H2,(H,21,25)(H2,22,23,26,30). The van der Waals surface area contributed by atoms with Crippen LogP contribution in [0.25, 0.3) is 0 Å². The van der Waals surface area contributed by atoms with Gasteiger partial charge in [0, 0.05) is 28.9 Å². The Morgan fingerprint density at radius 1 is 0.967 bits per heavy atom. The van der Waals surface area contributed by atoms with Gasteiger partial charge >= 0.3 is 0 Å². The highest BCUT2D eigenvalue weighted by Gasteiger charge is 2.11. The van der Waals surface area contributed by atoms with Crippen molar-refractivity contribution in [2.45, 2.75) is 6.54 Å². The van der Waals surface area contributed by atoms with Gasteiger partial charge in [-0.15, -0.1) is 0 Å². The Morgan fingerprint density at radius 2 is 1.60 bits per heavy atom. The fraction of sp³-hybridized carbons (Fsp3) is 0.0500. The molecule has 10 heteroatoms. The predicted molar refractivity (Wildman–Crippen MR) is 113 cm³/mol. The lowest BCUT2D eigenvalue weighted by Gasteiger charge is -2.10. The second-order valence-electron chi connectivity index (χ2n) is 6.05. The Kier molecular flexibility index (Phi) is 6.50. The van der Waals surface area contributed by atoms with Crippen molar-refractivity contribution in [1.82, 2.24) is 10.6 Å². The highest BCUT2D eigenvalue weighted by Crippen LogP contribution is 2.13. The molecule has 0 fully saturated rings. The molecular formula is C20H16N4O5S. The number of hydrogen-bond donors (Lipinski definition) is 3. The van der Waals surface area contributed by atoms with Crippen molar-refractivity contribution in [3.63, 3.8) is 0 Å². The quantitative estimate of drug-likeness (QED) is 0.315. The largest absolute Gasteiger partial charge is 0.467 e. The third kappa shape index (κ3) is 5.49. The molecule has 0 saturated heterocycles. The van der Waals surface area contributed by atoms with Gasteiger partial charge in [-0.05, 0) is 60.7 Å². The first-order valence-corrected chi connectivity index (χ1v) is 9.10. The van der Waals surface area contributed by atoms with E-state index in [0.29, 0.717) is 17.0 Å². The summed E-state index contributed by atoms with van der Waals surface area (Å²) in [6.07, 6.45) is 1.53. The number of rotatable bonds is 6. The normalized spacial score (nSPS) is 10.1. The second-order valence-corrected chi connectivity index (χ2v) is 6.46. The second kappa shape index (κ2) is 9.43. The lowest BCUT2D eigenvalue weighted by atomic mass is 10.2. The molecule has 0 spiro atoms. The minimum absolute atomic E-state index is 0.0494. The van der Waals surface area contributed by atoms with Crippen LogP contribution in [0.1, 0.15) is 26.5 Å². The molecule has 3 N–H and O–H groups in total. The van der Waals surface area contributed by atoms with Gasteiger partial charge in [-0.2, -0.15) is 0 Å². The first kappa shape index (κ1) is 20.7. The summed E-state index contributed by atoms with van der Waals surface area (Å²) in [5, 5.41) is 18.8. The number of anilines is 1. The molecule has 0 aliphatic carbocycles. The number of carbonyl (C=O) groups is 2. The Balaban J connectivity index is 1.51. The number of carbonyl (C=O) groups excluding carboxylic acids is 2.